The summed E-state index contributed by atoms with van der Waals surface area (Å²) < 4.78 is 42.7. The lowest BCUT2D eigenvalue weighted by Gasteiger charge is -2.18. The molecule has 0 heterocycles. The van der Waals surface area contributed by atoms with E-state index in [2.05, 4.69) is 0 Å². The van der Waals surface area contributed by atoms with Crippen molar-refractivity contribution in [1.29, 1.82) is 0 Å². The molecule has 10 heteroatoms. The number of ether oxygens (including phenoxy) is 2. The monoisotopic (exact) mass is 344 g/mol. The molecule has 0 aliphatic carbocycles. The van der Waals surface area contributed by atoms with Crippen molar-refractivity contribution in [3.63, 3.8) is 0 Å². The molecule has 0 aliphatic heterocycles. The van der Waals surface area contributed by atoms with E-state index in [9.17, 15) is 18.7 Å². The highest BCUT2D eigenvalue weighted by molar-refractivity contribution is 7.78. The molecule has 0 rings (SSSR count). The van der Waals surface area contributed by atoms with Crippen LogP contribution in [0.2, 0.25) is 0 Å². The fourth-order valence-electron chi connectivity index (χ4n) is 1.08. The predicted octanol–water partition coefficient (Wildman–Crippen LogP) is 3.54. The van der Waals surface area contributed by atoms with Crippen molar-refractivity contribution in [2.45, 2.75) is 26.9 Å². The van der Waals surface area contributed by atoms with Crippen molar-refractivity contribution >= 4 is 26.2 Å². The third-order valence-corrected chi connectivity index (χ3v) is 4.76. The van der Waals surface area contributed by atoms with Crippen LogP contribution in [-0.4, -0.2) is 50.7 Å². The minimum atomic E-state index is -3.99. The Balaban J connectivity index is 4.50. The molecule has 0 aromatic carbocycles. The minimum absolute atomic E-state index is 0.0196. The lowest BCUT2D eigenvalue weighted by atomic mass is 10.4. The molecule has 1 unspecified atom stereocenters. The lowest BCUT2D eigenvalue weighted by molar-refractivity contribution is 0.0702. The summed E-state index contributed by atoms with van der Waals surface area (Å²) in [6.45, 7) is 6.81. The van der Waals surface area contributed by atoms with Gasteiger partial charge in [0.15, 0.2) is 7.14 Å². The minimum Gasteiger partial charge on any atom is -0.454 e. The van der Waals surface area contributed by atoms with Gasteiger partial charge in [0.05, 0.1) is 13.2 Å². The first-order valence-corrected chi connectivity index (χ1v) is 10.5. The maximum absolute atomic E-state index is 12.0. The first-order chi connectivity index (χ1) is 9.56. The van der Waals surface area contributed by atoms with Gasteiger partial charge in [-0.3, -0.25) is 0 Å². The van der Waals surface area contributed by atoms with E-state index >= 15 is 0 Å². The molecule has 0 aromatic rings. The quantitative estimate of drug-likeness (QED) is 0.585. The first-order valence-electron chi connectivity index (χ1n) is 6.39. The molecule has 0 fully saturated rings. The molecule has 0 amide bonds. The van der Waals surface area contributed by atoms with Crippen LogP contribution in [0, 0.1) is 0 Å². The number of hydrogen-bond donors (Lipinski definition) is 0. The molecule has 21 heavy (non-hydrogen) atoms. The summed E-state index contributed by atoms with van der Waals surface area (Å²) >= 11 is 0. The third-order valence-electron chi connectivity index (χ3n) is 2.00. The van der Waals surface area contributed by atoms with Crippen molar-refractivity contribution in [3.8, 4) is 0 Å². The van der Waals surface area contributed by atoms with E-state index in [1.807, 2.05) is 0 Å². The van der Waals surface area contributed by atoms with Gasteiger partial charge in [0.1, 0.15) is 12.7 Å². The van der Waals surface area contributed by atoms with Gasteiger partial charge in [-0.1, -0.05) is 0 Å². The average Bonchev–Trinajstić information content (AvgIpc) is 2.35. The Morgan fingerprint density at radius 2 is 1.48 bits per heavy atom. The molecular weight excluding hydrogens is 322 g/mol. The van der Waals surface area contributed by atoms with Gasteiger partial charge in [0, 0.05) is 0 Å². The molecule has 0 bridgehead atoms. The molecule has 0 spiro atoms. The Morgan fingerprint density at radius 3 is 1.86 bits per heavy atom. The van der Waals surface area contributed by atoms with Crippen LogP contribution in [-0.2, 0) is 27.7 Å². The molecule has 0 saturated heterocycles. The number of rotatable bonds is 9. The zero-order valence-electron chi connectivity index (χ0n) is 12.9. The predicted molar refractivity (Wildman–Crippen MR) is 77.6 cm³/mol. The number of carbonyl (C=O) groups excluding carboxylic acids is 2. The normalized spacial score (nSPS) is 13.6. The van der Waals surface area contributed by atoms with E-state index < -0.39 is 32.3 Å². The van der Waals surface area contributed by atoms with Crippen molar-refractivity contribution in [2.75, 3.05) is 33.2 Å². The second kappa shape index (κ2) is 8.69. The Hall–Kier alpha value is -0.680. The highest BCUT2D eigenvalue weighted by Crippen LogP contribution is 2.49. The first kappa shape index (κ1) is 20.3. The van der Waals surface area contributed by atoms with Crippen LogP contribution >= 0.6 is 14.7 Å². The van der Waals surface area contributed by atoms with Crippen LogP contribution in [0.5, 0.6) is 0 Å². The maximum Gasteiger partial charge on any atom is 0.438 e. The summed E-state index contributed by atoms with van der Waals surface area (Å²) in [5, 5.41) is 0. The van der Waals surface area contributed by atoms with Gasteiger partial charge < -0.3 is 23.1 Å². The number of hydrogen-bond acceptors (Lipinski definition) is 8. The van der Waals surface area contributed by atoms with Crippen LogP contribution in [0.25, 0.3) is 0 Å². The van der Waals surface area contributed by atoms with Crippen molar-refractivity contribution < 1.29 is 37.2 Å². The molecule has 0 aliphatic rings. The molecule has 0 saturated carbocycles. The molecular formula is C11H22O8P2. The molecule has 0 aromatic heterocycles. The fraction of sp³-hybridized carbons (Fsp3) is 0.818. The van der Waals surface area contributed by atoms with Crippen molar-refractivity contribution in [3.05, 3.63) is 0 Å². The molecule has 0 N–H and O–H groups in total. The van der Waals surface area contributed by atoms with Crippen LogP contribution < -0.4 is 0 Å². The zero-order chi connectivity index (χ0) is 16.7. The van der Waals surface area contributed by atoms with Crippen LogP contribution in [0.3, 0.4) is 0 Å². The largest absolute Gasteiger partial charge is 0.454 e. The summed E-state index contributed by atoms with van der Waals surface area (Å²) in [6, 6.07) is 0. The standard InChI is InChI=1S/C11H22O8P2/c1-6-17-21(15,18-7-2)10(12)16-8-9(3)19-11(13)20(4,5)14/h9H,6-8H2,1-5H3. The van der Waals surface area contributed by atoms with E-state index in [-0.39, 0.29) is 19.8 Å². The van der Waals surface area contributed by atoms with Gasteiger partial charge in [0.25, 0.3) is 0 Å². The van der Waals surface area contributed by atoms with Crippen LogP contribution in [0.1, 0.15) is 20.8 Å². The highest BCUT2D eigenvalue weighted by atomic mass is 31.2. The van der Waals surface area contributed by atoms with Gasteiger partial charge in [-0.05, 0) is 34.1 Å². The van der Waals surface area contributed by atoms with Crippen LogP contribution in [0.4, 0.5) is 9.59 Å². The van der Waals surface area contributed by atoms with E-state index in [0.717, 1.165) is 0 Å². The van der Waals surface area contributed by atoms with Crippen molar-refractivity contribution in [2.24, 2.45) is 0 Å². The number of carbonyl (C=O) groups is 2. The second-order valence-electron chi connectivity index (χ2n) is 4.46. The highest BCUT2D eigenvalue weighted by Gasteiger charge is 2.37. The third kappa shape index (κ3) is 7.23. The Bertz CT molecular complexity index is 445. The summed E-state index contributed by atoms with van der Waals surface area (Å²) in [4.78, 5) is 23.1. The Kier molecular flexibility index (Phi) is 8.41. The molecule has 8 nitrogen and oxygen atoms in total. The lowest BCUT2D eigenvalue weighted by Crippen LogP contribution is -2.22. The average molecular weight is 344 g/mol. The van der Waals surface area contributed by atoms with Gasteiger partial charge >= 0.3 is 19.0 Å². The summed E-state index contributed by atoms with van der Waals surface area (Å²) in [5.41, 5.74) is -2.01. The van der Waals surface area contributed by atoms with E-state index in [1.54, 1.807) is 13.8 Å². The Labute approximate surface area is 124 Å². The fourth-order valence-corrected chi connectivity index (χ4v) is 2.71. The molecule has 1 atom stereocenters. The SMILES string of the molecule is CCOP(=O)(OCC)C(=O)OCC(C)OC(=O)P(C)(C)=O. The smallest absolute Gasteiger partial charge is 0.438 e. The summed E-state index contributed by atoms with van der Waals surface area (Å²) in [6.07, 6.45) is -0.827. The van der Waals surface area contributed by atoms with Gasteiger partial charge in [-0.2, -0.15) is 0 Å². The molecule has 124 valence electrons. The topological polar surface area (TPSA) is 105 Å². The molecule has 0 radical (unpaired) electrons. The van der Waals surface area contributed by atoms with Gasteiger partial charge in [0.2, 0.25) is 0 Å². The second-order valence-corrected chi connectivity index (χ2v) is 9.40. The Morgan fingerprint density at radius 1 is 1.00 bits per heavy atom. The van der Waals surface area contributed by atoms with E-state index in [4.69, 9.17) is 18.5 Å². The van der Waals surface area contributed by atoms with Crippen LogP contribution in [0.15, 0.2) is 0 Å². The maximum atomic E-state index is 12.0. The summed E-state index contributed by atoms with van der Waals surface area (Å²) in [7, 11) is -7.01. The van der Waals surface area contributed by atoms with E-state index in [0.29, 0.717) is 0 Å². The van der Waals surface area contributed by atoms with Crippen molar-refractivity contribution in [1.82, 2.24) is 0 Å². The van der Waals surface area contributed by atoms with E-state index in [1.165, 1.54) is 20.3 Å². The van der Waals surface area contributed by atoms with Gasteiger partial charge in [-0.15, -0.1) is 0 Å². The van der Waals surface area contributed by atoms with Gasteiger partial charge in [-0.25, -0.2) is 14.2 Å². The zero-order valence-corrected chi connectivity index (χ0v) is 14.6. The summed E-state index contributed by atoms with van der Waals surface area (Å²) in [5.74, 6) is 0.